The Morgan fingerprint density at radius 3 is 2.41 bits per heavy atom. The summed E-state index contributed by atoms with van der Waals surface area (Å²) in [6.07, 6.45) is 3.86. The van der Waals surface area contributed by atoms with Crippen LogP contribution < -0.4 is 14.8 Å². The number of rotatable bonds is 12. The molecular weight excluding hydrogens is 522 g/mol. The Labute approximate surface area is 233 Å². The molecule has 220 valence electrons. The van der Waals surface area contributed by atoms with Crippen LogP contribution in [0.25, 0.3) is 0 Å². The molecule has 0 radical (unpaired) electrons. The molecule has 10 nitrogen and oxygen atoms in total. The average Bonchev–Trinajstić information content (AvgIpc) is 2.85. The molecule has 3 amide bonds. The molecule has 1 fully saturated rings. The third-order valence-corrected chi connectivity index (χ3v) is 8.65. The molecule has 39 heavy (non-hydrogen) atoms. The van der Waals surface area contributed by atoms with Crippen molar-refractivity contribution < 1.29 is 32.3 Å². The van der Waals surface area contributed by atoms with Crippen molar-refractivity contribution >= 4 is 27.9 Å². The molecule has 2 rings (SSSR count). The number of amides is 3. The van der Waals surface area contributed by atoms with E-state index in [1.165, 1.54) is 0 Å². The topological polar surface area (TPSA) is 131 Å². The van der Waals surface area contributed by atoms with Gasteiger partial charge in [-0.25, -0.2) is 17.9 Å². The lowest BCUT2D eigenvalue weighted by Crippen LogP contribution is -2.42. The fourth-order valence-corrected chi connectivity index (χ4v) is 5.56. The lowest BCUT2D eigenvalue weighted by molar-refractivity contribution is -0.120. The number of nitrogens with one attached hydrogen (secondary N) is 2. The van der Waals surface area contributed by atoms with Crippen LogP contribution in [0.2, 0.25) is 0 Å². The standard InChI is InChI=1S/C28H45N3O7S/c1-7-21(3)39(35,36)30-20(2)18-25(32)29-26(33)23-12-14-24(15-13-23)37-17-9-11-22-10-8-16-31(19-22)27(34)38-28(4,5)6/h12-15,20-22,30H,7-11,16-19H2,1-6H3,(H,29,32,33)/t20?,21-,22?/m0/s1. The summed E-state index contributed by atoms with van der Waals surface area (Å²) in [5.74, 6) is -0.0977. The van der Waals surface area contributed by atoms with Crippen LogP contribution in [-0.2, 0) is 19.6 Å². The maximum Gasteiger partial charge on any atom is 0.410 e. The Morgan fingerprint density at radius 1 is 1.13 bits per heavy atom. The van der Waals surface area contributed by atoms with Gasteiger partial charge in [0.1, 0.15) is 11.4 Å². The van der Waals surface area contributed by atoms with Crippen LogP contribution in [0.5, 0.6) is 5.75 Å². The number of ether oxygens (including phenoxy) is 2. The molecule has 0 bridgehead atoms. The second-order valence-corrected chi connectivity index (χ2v) is 13.4. The van der Waals surface area contributed by atoms with Gasteiger partial charge in [-0.2, -0.15) is 0 Å². The highest BCUT2D eigenvalue weighted by atomic mass is 32.2. The van der Waals surface area contributed by atoms with Crippen LogP contribution in [0.4, 0.5) is 4.79 Å². The van der Waals surface area contributed by atoms with E-state index in [0.29, 0.717) is 36.8 Å². The molecule has 1 heterocycles. The van der Waals surface area contributed by atoms with Crippen LogP contribution in [0, 0.1) is 5.92 Å². The average molecular weight is 568 g/mol. The number of sulfonamides is 1. The van der Waals surface area contributed by atoms with Gasteiger partial charge in [-0.15, -0.1) is 0 Å². The molecule has 1 aromatic carbocycles. The van der Waals surface area contributed by atoms with E-state index in [0.717, 1.165) is 32.2 Å². The number of nitrogens with zero attached hydrogens (tertiary/aromatic N) is 1. The fourth-order valence-electron chi connectivity index (χ4n) is 4.24. The molecule has 1 aliphatic rings. The van der Waals surface area contributed by atoms with Crippen molar-refractivity contribution in [1.82, 2.24) is 14.9 Å². The van der Waals surface area contributed by atoms with E-state index in [-0.39, 0.29) is 12.5 Å². The van der Waals surface area contributed by atoms with Gasteiger partial charge < -0.3 is 14.4 Å². The molecular formula is C28H45N3O7S. The zero-order chi connectivity index (χ0) is 29.2. The van der Waals surface area contributed by atoms with Crippen molar-refractivity contribution in [1.29, 1.82) is 0 Å². The molecule has 0 spiro atoms. The first-order chi connectivity index (χ1) is 18.2. The Bertz CT molecular complexity index is 1070. The van der Waals surface area contributed by atoms with E-state index in [2.05, 4.69) is 10.0 Å². The van der Waals surface area contributed by atoms with E-state index in [9.17, 15) is 22.8 Å². The number of piperidine rings is 1. The third kappa shape index (κ3) is 11.5. The summed E-state index contributed by atoms with van der Waals surface area (Å²) in [5.41, 5.74) is -0.203. The van der Waals surface area contributed by atoms with E-state index >= 15 is 0 Å². The van der Waals surface area contributed by atoms with Gasteiger partial charge in [-0.1, -0.05) is 6.92 Å². The minimum absolute atomic E-state index is 0.154. The normalized spacial score (nSPS) is 17.7. The predicted molar refractivity (Wildman–Crippen MR) is 150 cm³/mol. The van der Waals surface area contributed by atoms with Gasteiger partial charge in [0, 0.05) is 31.1 Å². The van der Waals surface area contributed by atoms with E-state index in [1.54, 1.807) is 49.9 Å². The number of carbonyl (C=O) groups is 3. The highest BCUT2D eigenvalue weighted by Gasteiger charge is 2.27. The molecule has 1 aromatic rings. The summed E-state index contributed by atoms with van der Waals surface area (Å²) in [6, 6.07) is 5.86. The minimum Gasteiger partial charge on any atom is -0.494 e. The molecule has 2 unspecified atom stereocenters. The van der Waals surface area contributed by atoms with Crippen LogP contribution in [0.3, 0.4) is 0 Å². The van der Waals surface area contributed by atoms with Gasteiger partial charge in [0.2, 0.25) is 15.9 Å². The first kappa shape index (κ1) is 32.6. The summed E-state index contributed by atoms with van der Waals surface area (Å²) in [6.45, 7) is 12.5. The minimum atomic E-state index is -3.52. The van der Waals surface area contributed by atoms with Gasteiger partial charge >= 0.3 is 6.09 Å². The largest absolute Gasteiger partial charge is 0.494 e. The Kier molecular flexibility index (Phi) is 12.2. The number of likely N-dealkylation sites (tertiary alicyclic amines) is 1. The van der Waals surface area contributed by atoms with Crippen LogP contribution >= 0.6 is 0 Å². The Morgan fingerprint density at radius 2 is 1.79 bits per heavy atom. The lowest BCUT2D eigenvalue weighted by Gasteiger charge is -2.34. The first-order valence-corrected chi connectivity index (χ1v) is 15.3. The van der Waals surface area contributed by atoms with E-state index in [4.69, 9.17) is 9.47 Å². The zero-order valence-electron chi connectivity index (χ0n) is 24.1. The second kappa shape index (κ2) is 14.6. The summed E-state index contributed by atoms with van der Waals surface area (Å²) in [5, 5.41) is 1.73. The third-order valence-electron chi connectivity index (χ3n) is 6.53. The Hall–Kier alpha value is -2.66. The summed E-state index contributed by atoms with van der Waals surface area (Å²) >= 11 is 0. The molecule has 2 N–H and O–H groups in total. The maximum absolute atomic E-state index is 12.4. The van der Waals surface area contributed by atoms with E-state index < -0.39 is 38.7 Å². The Balaban J connectivity index is 1.72. The van der Waals surface area contributed by atoms with Gasteiger partial charge in [0.25, 0.3) is 5.91 Å². The van der Waals surface area contributed by atoms with Crippen LogP contribution in [0.15, 0.2) is 24.3 Å². The van der Waals surface area contributed by atoms with Crippen molar-refractivity contribution in [3.8, 4) is 5.75 Å². The fraction of sp³-hybridized carbons (Fsp3) is 0.679. The monoisotopic (exact) mass is 567 g/mol. The van der Waals surface area contributed by atoms with Crippen molar-refractivity contribution in [3.63, 3.8) is 0 Å². The number of hydrogen-bond acceptors (Lipinski definition) is 7. The quantitative estimate of drug-likeness (QED) is 0.361. The molecule has 1 saturated heterocycles. The maximum atomic E-state index is 12.4. The first-order valence-electron chi connectivity index (χ1n) is 13.8. The highest BCUT2D eigenvalue weighted by molar-refractivity contribution is 7.90. The molecule has 11 heteroatoms. The summed E-state index contributed by atoms with van der Waals surface area (Å²) < 4.78 is 38.1. The molecule has 3 atom stereocenters. The van der Waals surface area contributed by atoms with Gasteiger partial charge in [-0.3, -0.25) is 14.9 Å². The van der Waals surface area contributed by atoms with Crippen molar-refractivity contribution in [2.75, 3.05) is 19.7 Å². The number of benzene rings is 1. The molecule has 0 aromatic heterocycles. The summed E-state index contributed by atoms with van der Waals surface area (Å²) in [7, 11) is -3.52. The van der Waals surface area contributed by atoms with Crippen molar-refractivity contribution in [2.24, 2.45) is 5.92 Å². The number of imide groups is 1. The van der Waals surface area contributed by atoms with Gasteiger partial charge in [-0.05, 0) is 96.9 Å². The SMILES string of the molecule is CC[C@H](C)S(=O)(=O)NC(C)CC(=O)NC(=O)c1ccc(OCCCC2CCCN(C(=O)OC(C)(C)C)C2)cc1. The van der Waals surface area contributed by atoms with Gasteiger partial charge in [0.05, 0.1) is 11.9 Å². The van der Waals surface area contributed by atoms with E-state index in [1.807, 2.05) is 20.8 Å². The highest BCUT2D eigenvalue weighted by Crippen LogP contribution is 2.23. The molecule has 1 aliphatic heterocycles. The van der Waals surface area contributed by atoms with Crippen molar-refractivity contribution in [2.45, 2.75) is 97.0 Å². The smallest absolute Gasteiger partial charge is 0.410 e. The zero-order valence-corrected chi connectivity index (χ0v) is 24.9. The lowest BCUT2D eigenvalue weighted by atomic mass is 9.94. The number of hydrogen-bond donors (Lipinski definition) is 2. The van der Waals surface area contributed by atoms with Gasteiger partial charge in [0.15, 0.2) is 0 Å². The van der Waals surface area contributed by atoms with Crippen LogP contribution in [-0.4, -0.2) is 67.8 Å². The van der Waals surface area contributed by atoms with Crippen LogP contribution in [0.1, 0.15) is 90.4 Å². The molecule has 0 saturated carbocycles. The van der Waals surface area contributed by atoms with Crippen molar-refractivity contribution in [3.05, 3.63) is 29.8 Å². The molecule has 0 aliphatic carbocycles. The summed E-state index contributed by atoms with van der Waals surface area (Å²) in [4.78, 5) is 38.8. The number of carbonyl (C=O) groups excluding carboxylic acids is 3. The second-order valence-electron chi connectivity index (χ2n) is 11.3. The predicted octanol–water partition coefficient (Wildman–Crippen LogP) is 4.25.